The number of amides is 2. The summed E-state index contributed by atoms with van der Waals surface area (Å²) in [4.78, 5) is 23.3. The molecule has 110 valence electrons. The molecule has 1 heterocycles. The SMILES string of the molecule is Cc1cc(C#CCO)cc(C(=O)NC2CCC(=O)NC2)c1. The van der Waals surface area contributed by atoms with Crippen molar-refractivity contribution in [3.63, 3.8) is 0 Å². The second-order valence-corrected chi connectivity index (χ2v) is 5.06. The summed E-state index contributed by atoms with van der Waals surface area (Å²) in [6, 6.07) is 5.32. The number of aliphatic hydroxyl groups is 1. The van der Waals surface area contributed by atoms with Gasteiger partial charge in [-0.1, -0.05) is 11.8 Å². The van der Waals surface area contributed by atoms with Crippen molar-refractivity contribution in [3.8, 4) is 11.8 Å². The van der Waals surface area contributed by atoms with E-state index in [1.165, 1.54) is 0 Å². The van der Waals surface area contributed by atoms with Gasteiger partial charge in [-0.2, -0.15) is 0 Å². The Morgan fingerprint density at radius 3 is 2.95 bits per heavy atom. The van der Waals surface area contributed by atoms with Crippen LogP contribution in [0.2, 0.25) is 0 Å². The number of aryl methyl sites for hydroxylation is 1. The second kappa shape index (κ2) is 6.91. The molecule has 0 aliphatic carbocycles. The molecule has 5 heteroatoms. The monoisotopic (exact) mass is 286 g/mol. The zero-order valence-electron chi connectivity index (χ0n) is 11.9. The Hall–Kier alpha value is -2.32. The number of nitrogens with one attached hydrogen (secondary N) is 2. The Labute approximate surface area is 123 Å². The van der Waals surface area contributed by atoms with E-state index in [0.717, 1.165) is 5.56 Å². The normalized spacial score (nSPS) is 17.4. The smallest absolute Gasteiger partial charge is 0.251 e. The molecule has 0 radical (unpaired) electrons. The summed E-state index contributed by atoms with van der Waals surface area (Å²) in [6.07, 6.45) is 1.09. The Bertz CT molecular complexity index is 604. The number of hydrogen-bond acceptors (Lipinski definition) is 3. The standard InChI is InChI=1S/C16H18N2O3/c1-11-7-12(3-2-6-19)9-13(8-11)16(21)18-14-4-5-15(20)17-10-14/h7-9,14,19H,4-6,10H2,1H3,(H,17,20)(H,18,21). The first-order chi connectivity index (χ1) is 10.1. The molecule has 1 aromatic rings. The third-order valence-electron chi connectivity index (χ3n) is 3.25. The van der Waals surface area contributed by atoms with Crippen molar-refractivity contribution in [2.45, 2.75) is 25.8 Å². The van der Waals surface area contributed by atoms with Crippen LogP contribution in [0.25, 0.3) is 0 Å². The van der Waals surface area contributed by atoms with E-state index >= 15 is 0 Å². The first kappa shape index (κ1) is 15.1. The topological polar surface area (TPSA) is 78.4 Å². The minimum atomic E-state index is -0.211. The van der Waals surface area contributed by atoms with Crippen LogP contribution in [0.3, 0.4) is 0 Å². The van der Waals surface area contributed by atoms with Crippen molar-refractivity contribution < 1.29 is 14.7 Å². The molecular formula is C16H18N2O3. The van der Waals surface area contributed by atoms with Crippen LogP contribution in [0.5, 0.6) is 0 Å². The van der Waals surface area contributed by atoms with E-state index in [-0.39, 0.29) is 24.5 Å². The number of carbonyl (C=O) groups excluding carboxylic acids is 2. The lowest BCUT2D eigenvalue weighted by atomic mass is 10.0. The summed E-state index contributed by atoms with van der Waals surface area (Å²) < 4.78 is 0. The van der Waals surface area contributed by atoms with Gasteiger partial charge in [-0.25, -0.2) is 0 Å². The van der Waals surface area contributed by atoms with E-state index in [9.17, 15) is 9.59 Å². The maximum atomic E-state index is 12.3. The molecule has 2 rings (SSSR count). The lowest BCUT2D eigenvalue weighted by molar-refractivity contribution is -0.122. The van der Waals surface area contributed by atoms with Crippen LogP contribution in [-0.2, 0) is 4.79 Å². The predicted molar refractivity (Wildman–Crippen MR) is 78.6 cm³/mol. The summed E-state index contributed by atoms with van der Waals surface area (Å²) in [7, 11) is 0. The highest BCUT2D eigenvalue weighted by molar-refractivity contribution is 5.95. The average Bonchev–Trinajstić information content (AvgIpc) is 2.47. The van der Waals surface area contributed by atoms with Crippen LogP contribution in [0.4, 0.5) is 0 Å². The molecule has 0 spiro atoms. The van der Waals surface area contributed by atoms with Gasteiger partial charge in [0.05, 0.1) is 0 Å². The molecule has 1 aromatic carbocycles. The van der Waals surface area contributed by atoms with Crippen molar-refractivity contribution >= 4 is 11.8 Å². The molecule has 1 unspecified atom stereocenters. The van der Waals surface area contributed by atoms with Crippen LogP contribution in [0.15, 0.2) is 18.2 Å². The van der Waals surface area contributed by atoms with Crippen molar-refractivity contribution in [1.29, 1.82) is 0 Å². The van der Waals surface area contributed by atoms with Gasteiger partial charge in [0.2, 0.25) is 5.91 Å². The van der Waals surface area contributed by atoms with Gasteiger partial charge < -0.3 is 15.7 Å². The summed E-state index contributed by atoms with van der Waals surface area (Å²) >= 11 is 0. The third kappa shape index (κ3) is 4.33. The Morgan fingerprint density at radius 2 is 2.29 bits per heavy atom. The maximum Gasteiger partial charge on any atom is 0.251 e. The van der Waals surface area contributed by atoms with Crippen molar-refractivity contribution in [2.75, 3.05) is 13.2 Å². The molecule has 1 saturated heterocycles. The van der Waals surface area contributed by atoms with E-state index in [1.807, 2.05) is 13.0 Å². The molecule has 1 aliphatic rings. The molecule has 0 bridgehead atoms. The van der Waals surface area contributed by atoms with Crippen LogP contribution < -0.4 is 10.6 Å². The molecule has 2 amide bonds. The van der Waals surface area contributed by atoms with Gasteiger partial charge in [0.15, 0.2) is 0 Å². The van der Waals surface area contributed by atoms with Crippen molar-refractivity contribution in [3.05, 3.63) is 34.9 Å². The molecule has 0 saturated carbocycles. The molecule has 3 N–H and O–H groups in total. The molecule has 21 heavy (non-hydrogen) atoms. The number of carbonyl (C=O) groups is 2. The highest BCUT2D eigenvalue weighted by Crippen LogP contribution is 2.10. The zero-order chi connectivity index (χ0) is 15.2. The van der Waals surface area contributed by atoms with Gasteiger partial charge in [0, 0.05) is 30.1 Å². The largest absolute Gasteiger partial charge is 0.384 e. The number of piperidine rings is 1. The van der Waals surface area contributed by atoms with E-state index in [2.05, 4.69) is 22.5 Å². The number of benzene rings is 1. The van der Waals surface area contributed by atoms with Crippen LogP contribution >= 0.6 is 0 Å². The van der Waals surface area contributed by atoms with E-state index in [1.54, 1.807) is 12.1 Å². The first-order valence-corrected chi connectivity index (χ1v) is 6.87. The molecule has 1 aliphatic heterocycles. The second-order valence-electron chi connectivity index (χ2n) is 5.06. The fourth-order valence-electron chi connectivity index (χ4n) is 2.25. The van der Waals surface area contributed by atoms with Gasteiger partial charge >= 0.3 is 0 Å². The van der Waals surface area contributed by atoms with E-state index in [4.69, 9.17) is 5.11 Å². The van der Waals surface area contributed by atoms with E-state index < -0.39 is 0 Å². The van der Waals surface area contributed by atoms with Crippen molar-refractivity contribution in [2.24, 2.45) is 0 Å². The number of rotatable bonds is 2. The van der Waals surface area contributed by atoms with Gasteiger partial charge in [0.25, 0.3) is 5.91 Å². The summed E-state index contributed by atoms with van der Waals surface area (Å²) in [5, 5.41) is 14.4. The molecule has 1 fully saturated rings. The average molecular weight is 286 g/mol. The van der Waals surface area contributed by atoms with Gasteiger partial charge in [-0.05, 0) is 37.1 Å². The fourth-order valence-corrected chi connectivity index (χ4v) is 2.25. The summed E-state index contributed by atoms with van der Waals surface area (Å²) in [5.41, 5.74) is 2.17. The van der Waals surface area contributed by atoms with Crippen LogP contribution in [-0.4, -0.2) is 36.1 Å². The van der Waals surface area contributed by atoms with Gasteiger partial charge in [0.1, 0.15) is 6.61 Å². The molecule has 0 aromatic heterocycles. The number of aliphatic hydroxyl groups excluding tert-OH is 1. The first-order valence-electron chi connectivity index (χ1n) is 6.87. The quantitative estimate of drug-likeness (QED) is 0.686. The fraction of sp³-hybridized carbons (Fsp3) is 0.375. The minimum Gasteiger partial charge on any atom is -0.384 e. The minimum absolute atomic E-state index is 0.0256. The lowest BCUT2D eigenvalue weighted by Gasteiger charge is -2.23. The zero-order valence-corrected chi connectivity index (χ0v) is 11.9. The Morgan fingerprint density at radius 1 is 1.48 bits per heavy atom. The van der Waals surface area contributed by atoms with Crippen molar-refractivity contribution in [1.82, 2.24) is 10.6 Å². The molecular weight excluding hydrogens is 268 g/mol. The summed E-state index contributed by atoms with van der Waals surface area (Å²) in [6.45, 7) is 2.15. The predicted octanol–water partition coefficient (Wildman–Crippen LogP) is 0.347. The van der Waals surface area contributed by atoms with E-state index in [0.29, 0.717) is 30.5 Å². The molecule has 5 nitrogen and oxygen atoms in total. The van der Waals surface area contributed by atoms with Crippen LogP contribution in [0, 0.1) is 18.8 Å². The lowest BCUT2D eigenvalue weighted by Crippen LogP contribution is -2.47. The Balaban J connectivity index is 2.08. The summed E-state index contributed by atoms with van der Waals surface area (Å²) in [5.74, 6) is 5.22. The third-order valence-corrected chi connectivity index (χ3v) is 3.25. The van der Waals surface area contributed by atoms with Gasteiger partial charge in [-0.15, -0.1) is 0 Å². The highest BCUT2D eigenvalue weighted by atomic mass is 16.2. The Kier molecular flexibility index (Phi) is 4.96. The maximum absolute atomic E-state index is 12.3. The van der Waals surface area contributed by atoms with Crippen LogP contribution in [0.1, 0.15) is 34.3 Å². The molecule has 1 atom stereocenters. The van der Waals surface area contributed by atoms with Gasteiger partial charge in [-0.3, -0.25) is 9.59 Å². The number of hydrogen-bond donors (Lipinski definition) is 3. The highest BCUT2D eigenvalue weighted by Gasteiger charge is 2.20.